The van der Waals surface area contributed by atoms with Gasteiger partial charge in [0.1, 0.15) is 12.4 Å². The number of hydrogen-bond acceptors (Lipinski definition) is 3. The Morgan fingerprint density at radius 3 is 2.32 bits per heavy atom. The van der Waals surface area contributed by atoms with Crippen molar-refractivity contribution in [2.45, 2.75) is 6.61 Å². The van der Waals surface area contributed by atoms with Gasteiger partial charge in [-0.15, -0.1) is 0 Å². The van der Waals surface area contributed by atoms with E-state index in [0.29, 0.717) is 6.61 Å². The van der Waals surface area contributed by atoms with Crippen molar-refractivity contribution in [2.75, 3.05) is 25.1 Å². The normalized spacial score (nSPS) is 10.2. The number of benzene rings is 2. The van der Waals surface area contributed by atoms with Crippen LogP contribution >= 0.6 is 0 Å². The molecule has 0 aliphatic heterocycles. The number of rotatable bonds is 6. The van der Waals surface area contributed by atoms with E-state index in [9.17, 15) is 0 Å². The average Bonchev–Trinajstić information content (AvgIpc) is 2.49. The molecule has 3 heteroatoms. The van der Waals surface area contributed by atoms with Gasteiger partial charge in [0.25, 0.3) is 0 Å². The summed E-state index contributed by atoms with van der Waals surface area (Å²) in [5.41, 5.74) is 2.08. The van der Waals surface area contributed by atoms with E-state index in [2.05, 4.69) is 17.0 Å². The Morgan fingerprint density at radius 1 is 1.00 bits per heavy atom. The summed E-state index contributed by atoms with van der Waals surface area (Å²) < 4.78 is 5.67. The van der Waals surface area contributed by atoms with Crippen LogP contribution in [0.15, 0.2) is 54.6 Å². The number of aliphatic hydroxyl groups excluding tert-OH is 1. The Hall–Kier alpha value is -2.00. The van der Waals surface area contributed by atoms with Crippen LogP contribution in [0.3, 0.4) is 0 Å². The van der Waals surface area contributed by atoms with E-state index >= 15 is 0 Å². The lowest BCUT2D eigenvalue weighted by molar-refractivity contribution is 0.281. The fourth-order valence-electron chi connectivity index (χ4n) is 1.80. The fraction of sp³-hybridized carbons (Fsp3) is 0.250. The first-order chi connectivity index (χ1) is 9.29. The maximum absolute atomic E-state index is 8.96. The van der Waals surface area contributed by atoms with Crippen molar-refractivity contribution < 1.29 is 9.84 Å². The molecule has 0 aliphatic rings. The second-order valence-corrected chi connectivity index (χ2v) is 4.41. The van der Waals surface area contributed by atoms with Crippen LogP contribution in [-0.4, -0.2) is 25.3 Å². The molecule has 1 N–H and O–H groups in total. The molecule has 0 spiro atoms. The Balaban J connectivity index is 1.79. The molecule has 0 amide bonds. The van der Waals surface area contributed by atoms with E-state index in [4.69, 9.17) is 9.84 Å². The molecule has 0 saturated heterocycles. The molecule has 0 aliphatic carbocycles. The van der Waals surface area contributed by atoms with Crippen LogP contribution < -0.4 is 9.64 Å². The topological polar surface area (TPSA) is 32.7 Å². The van der Waals surface area contributed by atoms with E-state index in [-0.39, 0.29) is 6.61 Å². The van der Waals surface area contributed by atoms with E-state index in [0.717, 1.165) is 17.9 Å². The highest BCUT2D eigenvalue weighted by molar-refractivity contribution is 5.44. The monoisotopic (exact) mass is 257 g/mol. The minimum absolute atomic E-state index is 0.0665. The van der Waals surface area contributed by atoms with E-state index in [1.54, 1.807) is 0 Å². The van der Waals surface area contributed by atoms with Gasteiger partial charge in [-0.3, -0.25) is 0 Å². The highest BCUT2D eigenvalue weighted by atomic mass is 16.5. The van der Waals surface area contributed by atoms with E-state index in [1.165, 1.54) is 5.69 Å². The number of nitrogens with zero attached hydrogens (tertiary/aromatic N) is 1. The van der Waals surface area contributed by atoms with Gasteiger partial charge in [0.2, 0.25) is 0 Å². The molecule has 0 radical (unpaired) electrons. The van der Waals surface area contributed by atoms with Gasteiger partial charge in [-0.25, -0.2) is 0 Å². The quantitative estimate of drug-likeness (QED) is 0.863. The van der Waals surface area contributed by atoms with Gasteiger partial charge in [-0.1, -0.05) is 30.3 Å². The van der Waals surface area contributed by atoms with Crippen molar-refractivity contribution in [3.05, 3.63) is 60.2 Å². The lowest BCUT2D eigenvalue weighted by Gasteiger charge is -2.19. The number of likely N-dealkylation sites (N-methyl/N-ethyl adjacent to an activating group) is 1. The van der Waals surface area contributed by atoms with Gasteiger partial charge in [0.05, 0.1) is 13.2 Å². The largest absolute Gasteiger partial charge is 0.492 e. The molecule has 2 aromatic carbocycles. The van der Waals surface area contributed by atoms with Crippen molar-refractivity contribution in [1.29, 1.82) is 0 Å². The third kappa shape index (κ3) is 4.00. The number of hydrogen-bond donors (Lipinski definition) is 1. The summed E-state index contributed by atoms with van der Waals surface area (Å²) in [4.78, 5) is 2.15. The van der Waals surface area contributed by atoms with Crippen molar-refractivity contribution in [1.82, 2.24) is 0 Å². The van der Waals surface area contributed by atoms with Crippen molar-refractivity contribution >= 4 is 5.69 Å². The molecule has 2 aromatic rings. The third-order valence-corrected chi connectivity index (χ3v) is 3.00. The van der Waals surface area contributed by atoms with E-state index in [1.807, 2.05) is 49.5 Å². The van der Waals surface area contributed by atoms with Gasteiger partial charge < -0.3 is 14.7 Å². The molecular formula is C16H19NO2. The standard InChI is InChI=1S/C16H19NO2/c1-17(15-5-3-2-4-6-15)11-12-19-16-9-7-14(13-18)8-10-16/h2-10,18H,11-13H2,1H3. The molecule has 2 rings (SSSR count). The summed E-state index contributed by atoms with van der Waals surface area (Å²) in [7, 11) is 2.05. The van der Waals surface area contributed by atoms with Crippen LogP contribution in [0.5, 0.6) is 5.75 Å². The van der Waals surface area contributed by atoms with Gasteiger partial charge in [0.15, 0.2) is 0 Å². The van der Waals surface area contributed by atoms with Crippen LogP contribution in [0, 0.1) is 0 Å². The molecule has 3 nitrogen and oxygen atoms in total. The van der Waals surface area contributed by atoms with Crippen LogP contribution in [0.4, 0.5) is 5.69 Å². The summed E-state index contributed by atoms with van der Waals surface area (Å²) >= 11 is 0. The van der Waals surface area contributed by atoms with Crippen molar-refractivity contribution in [3.63, 3.8) is 0 Å². The zero-order valence-electron chi connectivity index (χ0n) is 11.1. The van der Waals surface area contributed by atoms with Gasteiger partial charge >= 0.3 is 0 Å². The summed E-state index contributed by atoms with van der Waals surface area (Å²) in [5, 5.41) is 8.96. The summed E-state index contributed by atoms with van der Waals surface area (Å²) in [6.07, 6.45) is 0. The molecule has 0 bridgehead atoms. The zero-order chi connectivity index (χ0) is 13.5. The second-order valence-electron chi connectivity index (χ2n) is 4.41. The number of anilines is 1. The molecule has 0 fully saturated rings. The zero-order valence-corrected chi connectivity index (χ0v) is 11.1. The lowest BCUT2D eigenvalue weighted by atomic mass is 10.2. The van der Waals surface area contributed by atoms with Gasteiger partial charge in [0, 0.05) is 12.7 Å². The first-order valence-electron chi connectivity index (χ1n) is 6.38. The highest BCUT2D eigenvalue weighted by Gasteiger charge is 2.00. The van der Waals surface area contributed by atoms with Crippen LogP contribution in [0.2, 0.25) is 0 Å². The summed E-state index contributed by atoms with van der Waals surface area (Å²) in [6, 6.07) is 17.7. The molecule has 0 aromatic heterocycles. The minimum atomic E-state index is 0.0665. The second kappa shape index (κ2) is 6.81. The van der Waals surface area contributed by atoms with Crippen LogP contribution in [0.1, 0.15) is 5.56 Å². The third-order valence-electron chi connectivity index (χ3n) is 3.00. The Bertz CT molecular complexity index is 482. The predicted molar refractivity (Wildman–Crippen MR) is 77.6 cm³/mol. The number of ether oxygens (including phenoxy) is 1. The minimum Gasteiger partial charge on any atom is -0.492 e. The molecule has 0 atom stereocenters. The first-order valence-corrected chi connectivity index (χ1v) is 6.38. The molecule has 0 saturated carbocycles. The number of aliphatic hydroxyl groups is 1. The van der Waals surface area contributed by atoms with Crippen LogP contribution in [-0.2, 0) is 6.61 Å². The van der Waals surface area contributed by atoms with Gasteiger partial charge in [-0.2, -0.15) is 0 Å². The maximum Gasteiger partial charge on any atom is 0.119 e. The van der Waals surface area contributed by atoms with Gasteiger partial charge in [-0.05, 0) is 29.8 Å². The smallest absolute Gasteiger partial charge is 0.119 e. The SMILES string of the molecule is CN(CCOc1ccc(CO)cc1)c1ccccc1. The average molecular weight is 257 g/mol. The van der Waals surface area contributed by atoms with Crippen LogP contribution in [0.25, 0.3) is 0 Å². The van der Waals surface area contributed by atoms with Crippen molar-refractivity contribution in [3.8, 4) is 5.75 Å². The summed E-state index contributed by atoms with van der Waals surface area (Å²) in [5.74, 6) is 0.832. The predicted octanol–water partition coefficient (Wildman–Crippen LogP) is 2.69. The molecule has 19 heavy (non-hydrogen) atoms. The maximum atomic E-state index is 8.96. The molecule has 0 unspecified atom stereocenters. The molecule has 0 heterocycles. The fourth-order valence-corrected chi connectivity index (χ4v) is 1.80. The Morgan fingerprint density at radius 2 is 1.68 bits per heavy atom. The Kier molecular flexibility index (Phi) is 4.81. The highest BCUT2D eigenvalue weighted by Crippen LogP contribution is 2.13. The summed E-state index contributed by atoms with van der Waals surface area (Å²) in [6.45, 7) is 1.52. The van der Waals surface area contributed by atoms with E-state index < -0.39 is 0 Å². The Labute approximate surface area is 114 Å². The molecule has 100 valence electrons. The lowest BCUT2D eigenvalue weighted by Crippen LogP contribution is -2.23. The molecular weight excluding hydrogens is 238 g/mol. The number of para-hydroxylation sites is 1. The van der Waals surface area contributed by atoms with Crippen molar-refractivity contribution in [2.24, 2.45) is 0 Å². The first kappa shape index (κ1) is 13.4.